The van der Waals surface area contributed by atoms with Gasteiger partial charge in [-0.2, -0.15) is 0 Å². The van der Waals surface area contributed by atoms with Crippen LogP contribution in [0, 0.1) is 6.92 Å². The molecule has 4 rings (SSSR count). The average Bonchev–Trinajstić information content (AvgIpc) is 3.13. The third kappa shape index (κ3) is 3.06. The van der Waals surface area contributed by atoms with Crippen molar-refractivity contribution in [3.8, 4) is 0 Å². The number of hydrogen-bond acceptors (Lipinski definition) is 3. The molecule has 0 fully saturated rings. The largest absolute Gasteiger partial charge is 0.321 e. The van der Waals surface area contributed by atoms with Crippen molar-refractivity contribution in [2.24, 2.45) is 0 Å². The van der Waals surface area contributed by atoms with Crippen LogP contribution >= 0.6 is 11.3 Å². The molecule has 27 heavy (non-hydrogen) atoms. The molecule has 0 aliphatic rings. The number of rotatable bonds is 4. The van der Waals surface area contributed by atoms with Crippen LogP contribution in [-0.2, 0) is 0 Å². The topological polar surface area (TPSA) is 53.2 Å². The van der Waals surface area contributed by atoms with Crippen molar-refractivity contribution < 1.29 is 4.79 Å². The predicted octanol–water partition coefficient (Wildman–Crippen LogP) is 4.88. The summed E-state index contributed by atoms with van der Waals surface area (Å²) in [7, 11) is 0. The lowest BCUT2D eigenvalue weighted by Crippen LogP contribution is -2.30. The second-order valence-electron chi connectivity index (χ2n) is 6.40. The first kappa shape index (κ1) is 17.2. The Morgan fingerprint density at radius 2 is 1.93 bits per heavy atom. The lowest BCUT2D eigenvalue weighted by molar-refractivity contribution is 0.0993. The van der Waals surface area contributed by atoms with Gasteiger partial charge in [-0.1, -0.05) is 35.9 Å². The maximum Gasteiger partial charge on any atom is 0.268 e. The van der Waals surface area contributed by atoms with Crippen LogP contribution < -0.4 is 10.5 Å². The highest BCUT2D eigenvalue weighted by Gasteiger charge is 2.20. The summed E-state index contributed by atoms with van der Waals surface area (Å²) in [6, 6.07) is 17.1. The SMILES string of the molecule is C=CCN(C(=O)c1cc2c(=O)[nH]c3ccc(C)cc3c2s1)c1ccccc1. The molecule has 2 aromatic carbocycles. The number of anilines is 1. The van der Waals surface area contributed by atoms with E-state index in [0.717, 1.165) is 26.9 Å². The number of aromatic nitrogens is 1. The van der Waals surface area contributed by atoms with E-state index in [0.29, 0.717) is 16.8 Å². The van der Waals surface area contributed by atoms with Gasteiger partial charge in [0.2, 0.25) is 0 Å². The Morgan fingerprint density at radius 3 is 2.67 bits per heavy atom. The zero-order valence-corrected chi connectivity index (χ0v) is 15.7. The van der Waals surface area contributed by atoms with Gasteiger partial charge in [0.25, 0.3) is 11.5 Å². The number of aryl methyl sites for hydroxylation is 1. The molecule has 1 amide bonds. The van der Waals surface area contributed by atoms with Crippen LogP contribution in [0.25, 0.3) is 21.0 Å². The van der Waals surface area contributed by atoms with Crippen LogP contribution in [0.2, 0.25) is 0 Å². The fourth-order valence-electron chi connectivity index (χ4n) is 3.19. The lowest BCUT2D eigenvalue weighted by Gasteiger charge is -2.20. The van der Waals surface area contributed by atoms with Crippen molar-refractivity contribution in [3.05, 3.63) is 88.0 Å². The highest BCUT2D eigenvalue weighted by Crippen LogP contribution is 2.31. The molecule has 0 spiro atoms. The quantitative estimate of drug-likeness (QED) is 0.517. The number of benzene rings is 2. The van der Waals surface area contributed by atoms with Gasteiger partial charge in [-0.25, -0.2) is 0 Å². The van der Waals surface area contributed by atoms with Gasteiger partial charge in [-0.15, -0.1) is 17.9 Å². The molecule has 4 nitrogen and oxygen atoms in total. The number of hydrogen-bond donors (Lipinski definition) is 1. The Labute approximate surface area is 160 Å². The molecule has 0 unspecified atom stereocenters. The van der Waals surface area contributed by atoms with Crippen LogP contribution in [0.15, 0.2) is 72.0 Å². The van der Waals surface area contributed by atoms with Gasteiger partial charge in [0, 0.05) is 27.8 Å². The Bertz CT molecular complexity index is 1220. The molecule has 134 valence electrons. The minimum atomic E-state index is -0.174. The van der Waals surface area contributed by atoms with Crippen molar-refractivity contribution in [2.45, 2.75) is 6.92 Å². The second-order valence-corrected chi connectivity index (χ2v) is 7.45. The van der Waals surface area contributed by atoms with E-state index in [9.17, 15) is 9.59 Å². The number of fused-ring (bicyclic) bond motifs is 3. The molecular formula is C22H18N2O2S. The molecule has 1 N–H and O–H groups in total. The molecule has 5 heteroatoms. The Kier molecular flexibility index (Phi) is 4.38. The highest BCUT2D eigenvalue weighted by molar-refractivity contribution is 7.21. The van der Waals surface area contributed by atoms with Gasteiger partial charge < -0.3 is 9.88 Å². The number of carbonyl (C=O) groups excluding carboxylic acids is 1. The van der Waals surface area contributed by atoms with E-state index >= 15 is 0 Å². The highest BCUT2D eigenvalue weighted by atomic mass is 32.1. The number of amides is 1. The van der Waals surface area contributed by atoms with E-state index in [4.69, 9.17) is 0 Å². The van der Waals surface area contributed by atoms with Gasteiger partial charge in [-0.3, -0.25) is 9.59 Å². The second kappa shape index (κ2) is 6.85. The number of nitrogens with zero attached hydrogens (tertiary/aromatic N) is 1. The third-order valence-corrected chi connectivity index (χ3v) is 5.64. The minimum Gasteiger partial charge on any atom is -0.321 e. The van der Waals surface area contributed by atoms with Gasteiger partial charge in [0.15, 0.2) is 0 Å². The van der Waals surface area contributed by atoms with Crippen LogP contribution in [-0.4, -0.2) is 17.4 Å². The Balaban J connectivity index is 1.88. The van der Waals surface area contributed by atoms with E-state index in [1.807, 2.05) is 55.5 Å². The van der Waals surface area contributed by atoms with Gasteiger partial charge >= 0.3 is 0 Å². The van der Waals surface area contributed by atoms with E-state index in [-0.39, 0.29) is 11.5 Å². The molecule has 0 bridgehead atoms. The summed E-state index contributed by atoms with van der Waals surface area (Å²) in [5.74, 6) is -0.137. The molecule has 2 aromatic heterocycles. The molecule has 0 radical (unpaired) electrons. The minimum absolute atomic E-state index is 0.137. The van der Waals surface area contributed by atoms with Crippen molar-refractivity contribution in [3.63, 3.8) is 0 Å². The van der Waals surface area contributed by atoms with Crippen molar-refractivity contribution in [1.29, 1.82) is 0 Å². The molecule has 2 heterocycles. The maximum atomic E-state index is 13.2. The van der Waals surface area contributed by atoms with Crippen molar-refractivity contribution >= 4 is 43.9 Å². The molecule has 0 saturated carbocycles. The first-order chi connectivity index (χ1) is 13.1. The van der Waals surface area contributed by atoms with E-state index < -0.39 is 0 Å². The first-order valence-corrected chi connectivity index (χ1v) is 9.44. The number of carbonyl (C=O) groups is 1. The normalized spacial score (nSPS) is 11.0. The standard InChI is InChI=1S/C22H18N2O2S/c1-3-11-24(15-7-5-4-6-8-15)22(26)19-13-17-20(27-19)16-12-14(2)9-10-18(16)23-21(17)25/h3-10,12-13H,1,11H2,2H3,(H,23,25). The number of thiophene rings is 1. The molecule has 4 aromatic rings. The maximum absolute atomic E-state index is 13.2. The molecule has 0 saturated heterocycles. The predicted molar refractivity (Wildman–Crippen MR) is 113 cm³/mol. The summed E-state index contributed by atoms with van der Waals surface area (Å²) >= 11 is 1.36. The van der Waals surface area contributed by atoms with Gasteiger partial charge in [0.1, 0.15) is 0 Å². The lowest BCUT2D eigenvalue weighted by atomic mass is 10.1. The first-order valence-electron chi connectivity index (χ1n) is 8.62. The monoisotopic (exact) mass is 374 g/mol. The van der Waals surface area contributed by atoms with Crippen molar-refractivity contribution in [1.82, 2.24) is 4.98 Å². The van der Waals surface area contributed by atoms with Crippen LogP contribution in [0.5, 0.6) is 0 Å². The van der Waals surface area contributed by atoms with Gasteiger partial charge in [-0.05, 0) is 37.3 Å². The van der Waals surface area contributed by atoms with Crippen molar-refractivity contribution in [2.75, 3.05) is 11.4 Å². The third-order valence-electron chi connectivity index (χ3n) is 4.48. The Morgan fingerprint density at radius 1 is 1.15 bits per heavy atom. The summed E-state index contributed by atoms with van der Waals surface area (Å²) < 4.78 is 0.840. The zero-order valence-electron chi connectivity index (χ0n) is 14.9. The average molecular weight is 374 g/mol. The summed E-state index contributed by atoms with van der Waals surface area (Å²) in [4.78, 5) is 30.8. The zero-order chi connectivity index (χ0) is 19.0. The number of pyridine rings is 1. The number of H-pyrrole nitrogens is 1. The van der Waals surface area contributed by atoms with Gasteiger partial charge in [0.05, 0.1) is 10.3 Å². The summed E-state index contributed by atoms with van der Waals surface area (Å²) in [6.45, 7) is 6.17. The molecular weight excluding hydrogens is 356 g/mol. The summed E-state index contributed by atoms with van der Waals surface area (Å²) in [6.07, 6.45) is 1.70. The Hall–Kier alpha value is -3.18. The van der Waals surface area contributed by atoms with Crippen LogP contribution in [0.3, 0.4) is 0 Å². The van der Waals surface area contributed by atoms with Crippen LogP contribution in [0.4, 0.5) is 5.69 Å². The van der Waals surface area contributed by atoms with E-state index in [1.54, 1.807) is 17.0 Å². The fourth-order valence-corrected chi connectivity index (χ4v) is 4.32. The van der Waals surface area contributed by atoms with Crippen LogP contribution in [0.1, 0.15) is 15.2 Å². The fraction of sp³-hybridized carbons (Fsp3) is 0.0909. The smallest absolute Gasteiger partial charge is 0.268 e. The number of nitrogens with one attached hydrogen (secondary N) is 1. The summed E-state index contributed by atoms with van der Waals surface area (Å²) in [5.41, 5.74) is 2.51. The molecule has 0 aliphatic carbocycles. The molecule has 0 atom stereocenters. The number of para-hydroxylation sites is 1. The summed E-state index contributed by atoms with van der Waals surface area (Å²) in [5, 5.41) is 1.51. The molecule has 0 aliphatic heterocycles. The van der Waals surface area contributed by atoms with E-state index in [1.165, 1.54) is 11.3 Å². The van der Waals surface area contributed by atoms with E-state index in [2.05, 4.69) is 11.6 Å². The number of aromatic amines is 1.